The van der Waals surface area contributed by atoms with Gasteiger partial charge in [0, 0.05) is 17.3 Å². The van der Waals surface area contributed by atoms with Crippen LogP contribution in [0.4, 0.5) is 17.1 Å². The molecule has 0 fully saturated rings. The number of fused-ring (bicyclic) bond motifs is 4. The average molecular weight is 794 g/mol. The van der Waals surface area contributed by atoms with E-state index in [4.69, 9.17) is 9.47 Å². The summed E-state index contributed by atoms with van der Waals surface area (Å²) in [5.74, 6) is 2.88. The highest BCUT2D eigenvalue weighted by atomic mass is 16.5. The molecule has 0 saturated carbocycles. The summed E-state index contributed by atoms with van der Waals surface area (Å²) < 4.78 is 13.4. The molecular formula is C59H39NO2. The summed E-state index contributed by atoms with van der Waals surface area (Å²) in [7, 11) is 0. The van der Waals surface area contributed by atoms with Gasteiger partial charge in [0.2, 0.25) is 0 Å². The van der Waals surface area contributed by atoms with Gasteiger partial charge in [-0.1, -0.05) is 188 Å². The minimum absolute atomic E-state index is 0.541. The van der Waals surface area contributed by atoms with Gasteiger partial charge in [-0.2, -0.15) is 0 Å². The van der Waals surface area contributed by atoms with Gasteiger partial charge < -0.3 is 14.4 Å². The number of nitrogens with zero attached hydrogens (tertiary/aromatic N) is 1. The van der Waals surface area contributed by atoms with Gasteiger partial charge in [0.15, 0.2) is 11.5 Å². The van der Waals surface area contributed by atoms with Crippen LogP contribution in [-0.4, -0.2) is 0 Å². The van der Waals surface area contributed by atoms with Crippen LogP contribution in [0.2, 0.25) is 0 Å². The molecule has 0 bridgehead atoms. The van der Waals surface area contributed by atoms with Crippen LogP contribution in [-0.2, 0) is 5.41 Å². The fourth-order valence-corrected chi connectivity index (χ4v) is 9.86. The van der Waals surface area contributed by atoms with Crippen LogP contribution in [0.3, 0.4) is 0 Å². The van der Waals surface area contributed by atoms with Crippen molar-refractivity contribution in [2.24, 2.45) is 0 Å². The molecule has 292 valence electrons. The number of hydrogen-bond acceptors (Lipinski definition) is 3. The molecule has 0 atom stereocenters. The van der Waals surface area contributed by atoms with Crippen molar-refractivity contribution >= 4 is 27.8 Å². The standard InChI is InChI=1S/C59H39NO2/c1-4-15-40(16-5-1)41-29-31-42(32-30-41)43-33-35-47(36-34-43)60(48-37-38-53-56(39-48)62-55-28-13-18-44-17-12-27-54(61-53)57(44)55)52-26-14-25-51-58(52)49-23-10-11-24-50(49)59(51,45-19-6-2-7-20-45)46-21-8-3-9-22-46/h1-39H. The maximum absolute atomic E-state index is 6.80. The lowest BCUT2D eigenvalue weighted by Gasteiger charge is -2.34. The van der Waals surface area contributed by atoms with Gasteiger partial charge >= 0.3 is 0 Å². The fraction of sp³-hybridized carbons (Fsp3) is 0.0169. The summed E-state index contributed by atoms with van der Waals surface area (Å²) in [5.41, 5.74) is 14.6. The molecule has 0 amide bonds. The third kappa shape index (κ3) is 5.67. The van der Waals surface area contributed by atoms with Crippen molar-refractivity contribution in [1.29, 1.82) is 0 Å². The molecule has 3 nitrogen and oxygen atoms in total. The van der Waals surface area contributed by atoms with Crippen molar-refractivity contribution in [1.82, 2.24) is 0 Å². The van der Waals surface area contributed by atoms with Crippen molar-refractivity contribution in [2.45, 2.75) is 5.41 Å². The van der Waals surface area contributed by atoms with Crippen LogP contribution in [0, 0.1) is 0 Å². The molecule has 1 aliphatic carbocycles. The zero-order valence-corrected chi connectivity index (χ0v) is 33.8. The lowest BCUT2D eigenvalue weighted by atomic mass is 9.68. The van der Waals surface area contributed by atoms with E-state index in [1.807, 2.05) is 30.3 Å². The highest BCUT2D eigenvalue weighted by Gasteiger charge is 2.47. The summed E-state index contributed by atoms with van der Waals surface area (Å²) in [6.45, 7) is 0. The molecule has 0 radical (unpaired) electrons. The van der Waals surface area contributed by atoms with E-state index in [1.165, 1.54) is 44.5 Å². The van der Waals surface area contributed by atoms with E-state index in [2.05, 4.69) is 211 Å². The number of hydrogen-bond donors (Lipinski definition) is 0. The number of benzene rings is 10. The topological polar surface area (TPSA) is 21.7 Å². The first-order valence-electron chi connectivity index (χ1n) is 21.2. The van der Waals surface area contributed by atoms with Gasteiger partial charge in [-0.15, -0.1) is 0 Å². The number of rotatable bonds is 7. The zero-order chi connectivity index (χ0) is 41.0. The predicted octanol–water partition coefficient (Wildman–Crippen LogP) is 15.9. The van der Waals surface area contributed by atoms with E-state index in [-0.39, 0.29) is 0 Å². The molecule has 10 aromatic rings. The molecule has 0 spiro atoms. The smallest absolute Gasteiger partial charge is 0.172 e. The van der Waals surface area contributed by atoms with E-state index < -0.39 is 5.41 Å². The maximum atomic E-state index is 6.80. The third-order valence-corrected chi connectivity index (χ3v) is 12.6. The molecule has 1 aliphatic heterocycles. The van der Waals surface area contributed by atoms with Crippen molar-refractivity contribution in [3.8, 4) is 56.4 Å². The molecule has 0 unspecified atom stereocenters. The Morgan fingerprint density at radius 3 is 1.48 bits per heavy atom. The molecule has 10 aromatic carbocycles. The van der Waals surface area contributed by atoms with Crippen LogP contribution >= 0.6 is 0 Å². The highest BCUT2D eigenvalue weighted by Crippen LogP contribution is 2.60. The Hall–Kier alpha value is -8.14. The first kappa shape index (κ1) is 35.8. The van der Waals surface area contributed by atoms with E-state index in [1.54, 1.807) is 0 Å². The third-order valence-electron chi connectivity index (χ3n) is 12.6. The summed E-state index contributed by atoms with van der Waals surface area (Å²) in [6, 6.07) is 84.6. The van der Waals surface area contributed by atoms with E-state index in [0.29, 0.717) is 11.5 Å². The Morgan fingerprint density at radius 2 is 0.839 bits per heavy atom. The van der Waals surface area contributed by atoms with Gasteiger partial charge in [-0.05, 0) is 97.9 Å². The van der Waals surface area contributed by atoms with Crippen molar-refractivity contribution in [2.75, 3.05) is 4.90 Å². The maximum Gasteiger partial charge on any atom is 0.172 e. The molecule has 0 N–H and O–H groups in total. The monoisotopic (exact) mass is 793 g/mol. The van der Waals surface area contributed by atoms with Crippen molar-refractivity contribution < 1.29 is 9.47 Å². The molecule has 0 aromatic heterocycles. The minimum Gasteiger partial charge on any atom is -0.453 e. The summed E-state index contributed by atoms with van der Waals surface area (Å²) >= 11 is 0. The second-order valence-electron chi connectivity index (χ2n) is 16.0. The molecule has 62 heavy (non-hydrogen) atoms. The van der Waals surface area contributed by atoms with Gasteiger partial charge in [-0.25, -0.2) is 0 Å². The predicted molar refractivity (Wildman–Crippen MR) is 253 cm³/mol. The quantitative estimate of drug-likeness (QED) is 0.160. The number of anilines is 3. The molecule has 3 heteroatoms. The van der Waals surface area contributed by atoms with Crippen molar-refractivity contribution in [3.05, 3.63) is 259 Å². The van der Waals surface area contributed by atoms with Gasteiger partial charge in [0.1, 0.15) is 11.5 Å². The Balaban J connectivity index is 1.05. The lowest BCUT2D eigenvalue weighted by Crippen LogP contribution is -2.28. The Morgan fingerprint density at radius 1 is 0.339 bits per heavy atom. The van der Waals surface area contributed by atoms with E-state index >= 15 is 0 Å². The lowest BCUT2D eigenvalue weighted by molar-refractivity contribution is 0.439. The Bertz CT molecular complexity index is 3230. The fourth-order valence-electron chi connectivity index (χ4n) is 9.86. The Kier molecular flexibility index (Phi) is 8.39. The SMILES string of the molecule is c1ccc(-c2ccc(-c3ccc(N(c4ccc5c(c4)Oc4cccc6cccc(c46)O5)c4cccc5c4-c4ccccc4C5(c4ccccc4)c4ccccc4)cc3)cc2)cc1. The van der Waals surface area contributed by atoms with Gasteiger partial charge in [-0.3, -0.25) is 0 Å². The van der Waals surface area contributed by atoms with Crippen molar-refractivity contribution in [3.63, 3.8) is 0 Å². The van der Waals surface area contributed by atoms with Crippen LogP contribution in [0.1, 0.15) is 22.3 Å². The van der Waals surface area contributed by atoms with Gasteiger partial charge in [0.05, 0.1) is 22.2 Å². The second kappa shape index (κ2) is 14.5. The largest absolute Gasteiger partial charge is 0.453 e. The summed E-state index contributed by atoms with van der Waals surface area (Å²) in [4.78, 5) is 2.38. The van der Waals surface area contributed by atoms with Crippen LogP contribution in [0.15, 0.2) is 237 Å². The van der Waals surface area contributed by atoms with E-state index in [0.717, 1.165) is 50.5 Å². The first-order chi connectivity index (χ1) is 30.7. The minimum atomic E-state index is -0.541. The average Bonchev–Trinajstić information content (AvgIpc) is 3.55. The molecule has 0 saturated heterocycles. The molecule has 1 heterocycles. The van der Waals surface area contributed by atoms with Crippen LogP contribution < -0.4 is 14.4 Å². The van der Waals surface area contributed by atoms with Crippen LogP contribution in [0.5, 0.6) is 23.0 Å². The molecule has 12 rings (SSSR count). The normalized spacial score (nSPS) is 12.9. The summed E-state index contributed by atoms with van der Waals surface area (Å²) in [5, 5.41) is 2.04. The molecular weight excluding hydrogens is 755 g/mol. The first-order valence-corrected chi connectivity index (χ1v) is 21.2. The highest BCUT2D eigenvalue weighted by molar-refractivity contribution is 5.98. The second-order valence-corrected chi connectivity index (χ2v) is 16.0. The number of ether oxygens (including phenoxy) is 2. The Labute approximate surface area is 361 Å². The summed E-state index contributed by atoms with van der Waals surface area (Å²) in [6.07, 6.45) is 0. The van der Waals surface area contributed by atoms with Gasteiger partial charge in [0.25, 0.3) is 0 Å². The zero-order valence-electron chi connectivity index (χ0n) is 33.8. The van der Waals surface area contributed by atoms with Crippen LogP contribution in [0.25, 0.3) is 44.2 Å². The van der Waals surface area contributed by atoms with E-state index in [9.17, 15) is 0 Å². The molecule has 2 aliphatic rings.